The Morgan fingerprint density at radius 3 is 3.05 bits per heavy atom. The van der Waals surface area contributed by atoms with Gasteiger partial charge in [0.2, 0.25) is 0 Å². The summed E-state index contributed by atoms with van der Waals surface area (Å²) in [6.07, 6.45) is 6.08. The molecule has 3 aromatic rings. The van der Waals surface area contributed by atoms with E-state index in [-0.39, 0.29) is 0 Å². The maximum Gasteiger partial charge on any atom is 0.151 e. The number of rotatable bonds is 4. The van der Waals surface area contributed by atoms with Crippen molar-refractivity contribution >= 4 is 44.1 Å². The molecule has 0 aliphatic heterocycles. The SMILES string of the molecule is N#Cc1csc(CNc2ncnc3c2c(Br)cn3C2CC2)n1. The Hall–Kier alpha value is -1.98. The summed E-state index contributed by atoms with van der Waals surface area (Å²) in [6.45, 7) is 0.541. The summed E-state index contributed by atoms with van der Waals surface area (Å²) in [5, 5.41) is 15.7. The first-order chi connectivity index (χ1) is 10.8. The number of halogens is 1. The molecule has 22 heavy (non-hydrogen) atoms. The van der Waals surface area contributed by atoms with E-state index in [0.717, 1.165) is 26.3 Å². The molecule has 8 heteroatoms. The monoisotopic (exact) mass is 374 g/mol. The van der Waals surface area contributed by atoms with Crippen molar-refractivity contribution in [2.45, 2.75) is 25.4 Å². The van der Waals surface area contributed by atoms with Gasteiger partial charge in [-0.05, 0) is 28.8 Å². The van der Waals surface area contributed by atoms with Crippen molar-refractivity contribution in [1.29, 1.82) is 5.26 Å². The summed E-state index contributed by atoms with van der Waals surface area (Å²) < 4.78 is 3.21. The average molecular weight is 375 g/mol. The van der Waals surface area contributed by atoms with E-state index in [4.69, 9.17) is 5.26 Å². The number of hydrogen-bond donors (Lipinski definition) is 1. The molecule has 0 aromatic carbocycles. The fourth-order valence-electron chi connectivity index (χ4n) is 2.41. The second kappa shape index (κ2) is 5.34. The highest BCUT2D eigenvalue weighted by Gasteiger charge is 2.27. The van der Waals surface area contributed by atoms with Crippen LogP contribution >= 0.6 is 27.3 Å². The summed E-state index contributed by atoms with van der Waals surface area (Å²) in [6, 6.07) is 2.61. The molecule has 0 radical (unpaired) electrons. The van der Waals surface area contributed by atoms with Crippen LogP contribution in [0.1, 0.15) is 29.6 Å². The average Bonchev–Trinajstić information content (AvgIpc) is 3.18. The van der Waals surface area contributed by atoms with Gasteiger partial charge in [-0.2, -0.15) is 5.26 Å². The van der Waals surface area contributed by atoms with Crippen LogP contribution in [0.25, 0.3) is 11.0 Å². The number of nitriles is 1. The summed E-state index contributed by atoms with van der Waals surface area (Å²) in [4.78, 5) is 13.0. The highest BCUT2D eigenvalue weighted by Crippen LogP contribution is 2.40. The number of nitrogens with zero attached hydrogens (tertiary/aromatic N) is 5. The van der Waals surface area contributed by atoms with E-state index in [1.165, 1.54) is 24.2 Å². The highest BCUT2D eigenvalue weighted by molar-refractivity contribution is 9.10. The molecule has 0 saturated heterocycles. The molecule has 1 N–H and O–H groups in total. The molecule has 3 heterocycles. The molecule has 1 aliphatic carbocycles. The number of nitrogens with one attached hydrogen (secondary N) is 1. The molecule has 0 amide bonds. The van der Waals surface area contributed by atoms with Gasteiger partial charge >= 0.3 is 0 Å². The molecule has 1 fully saturated rings. The maximum absolute atomic E-state index is 8.82. The van der Waals surface area contributed by atoms with Crippen LogP contribution in [0.15, 0.2) is 22.4 Å². The molecule has 0 spiro atoms. The lowest BCUT2D eigenvalue weighted by Crippen LogP contribution is -2.03. The van der Waals surface area contributed by atoms with Crippen LogP contribution < -0.4 is 5.32 Å². The molecular weight excluding hydrogens is 364 g/mol. The predicted octanol–water partition coefficient (Wildman–Crippen LogP) is 3.47. The van der Waals surface area contributed by atoms with Crippen LogP contribution in [-0.4, -0.2) is 19.5 Å². The van der Waals surface area contributed by atoms with Crippen molar-refractivity contribution in [3.8, 4) is 6.07 Å². The first kappa shape index (κ1) is 13.7. The largest absolute Gasteiger partial charge is 0.363 e. The summed E-state index contributed by atoms with van der Waals surface area (Å²) >= 11 is 5.08. The van der Waals surface area contributed by atoms with Crippen LogP contribution in [0.2, 0.25) is 0 Å². The van der Waals surface area contributed by atoms with Crippen molar-refractivity contribution < 1.29 is 0 Å². The van der Waals surface area contributed by atoms with Gasteiger partial charge in [0.1, 0.15) is 28.9 Å². The Morgan fingerprint density at radius 1 is 1.45 bits per heavy atom. The van der Waals surface area contributed by atoms with Crippen molar-refractivity contribution in [3.63, 3.8) is 0 Å². The molecule has 3 aromatic heterocycles. The Kier molecular flexibility index (Phi) is 3.32. The Labute approximate surface area is 139 Å². The minimum absolute atomic E-state index is 0.454. The molecule has 110 valence electrons. The third kappa shape index (κ3) is 2.36. The van der Waals surface area contributed by atoms with Gasteiger partial charge in [0.15, 0.2) is 5.69 Å². The zero-order valence-corrected chi connectivity index (χ0v) is 13.9. The van der Waals surface area contributed by atoms with E-state index in [1.54, 1.807) is 11.7 Å². The van der Waals surface area contributed by atoms with E-state index in [0.29, 0.717) is 18.3 Å². The molecule has 0 atom stereocenters. The fourth-order valence-corrected chi connectivity index (χ4v) is 3.65. The number of fused-ring (bicyclic) bond motifs is 1. The van der Waals surface area contributed by atoms with Gasteiger partial charge in [-0.15, -0.1) is 11.3 Å². The van der Waals surface area contributed by atoms with Crippen LogP contribution in [-0.2, 0) is 6.54 Å². The number of aromatic nitrogens is 4. The van der Waals surface area contributed by atoms with Gasteiger partial charge < -0.3 is 9.88 Å². The standard InChI is InChI=1S/C14H11BrN6S/c15-10-5-21(9-1-2-9)14-12(10)13(18-7-19-14)17-4-11-20-8(3-16)6-22-11/h5-7,9H,1-2,4H2,(H,17,18,19). The fraction of sp³-hybridized carbons (Fsp3) is 0.286. The third-order valence-electron chi connectivity index (χ3n) is 3.58. The van der Waals surface area contributed by atoms with Gasteiger partial charge in [-0.3, -0.25) is 0 Å². The Bertz CT molecular complexity index is 889. The third-order valence-corrected chi connectivity index (χ3v) is 5.03. The predicted molar refractivity (Wildman–Crippen MR) is 87.7 cm³/mol. The lowest BCUT2D eigenvalue weighted by Gasteiger charge is -2.06. The minimum Gasteiger partial charge on any atom is -0.363 e. The normalized spacial score (nSPS) is 14.2. The first-order valence-corrected chi connectivity index (χ1v) is 8.53. The maximum atomic E-state index is 8.82. The minimum atomic E-state index is 0.454. The van der Waals surface area contributed by atoms with E-state index < -0.39 is 0 Å². The van der Waals surface area contributed by atoms with Gasteiger partial charge in [0, 0.05) is 22.1 Å². The molecule has 6 nitrogen and oxygen atoms in total. The smallest absolute Gasteiger partial charge is 0.151 e. The topological polar surface area (TPSA) is 79.4 Å². The van der Waals surface area contributed by atoms with Crippen LogP contribution in [0.5, 0.6) is 0 Å². The zero-order valence-electron chi connectivity index (χ0n) is 11.5. The molecule has 1 saturated carbocycles. The van der Waals surface area contributed by atoms with E-state index >= 15 is 0 Å². The van der Waals surface area contributed by atoms with Gasteiger partial charge in [0.05, 0.1) is 11.9 Å². The molecule has 0 bridgehead atoms. The van der Waals surface area contributed by atoms with Crippen LogP contribution in [0, 0.1) is 11.3 Å². The second-order valence-corrected chi connectivity index (χ2v) is 6.93. The van der Waals surface area contributed by atoms with E-state index in [9.17, 15) is 0 Å². The summed E-state index contributed by atoms with van der Waals surface area (Å²) in [5.74, 6) is 0.782. The van der Waals surface area contributed by atoms with Gasteiger partial charge in [0.25, 0.3) is 0 Å². The number of hydrogen-bond acceptors (Lipinski definition) is 6. The molecule has 4 rings (SSSR count). The first-order valence-electron chi connectivity index (χ1n) is 6.85. The molecular formula is C14H11BrN6S. The van der Waals surface area contributed by atoms with Crippen molar-refractivity contribution in [1.82, 2.24) is 19.5 Å². The van der Waals surface area contributed by atoms with Crippen molar-refractivity contribution in [2.24, 2.45) is 0 Å². The number of anilines is 1. The lowest BCUT2D eigenvalue weighted by atomic mass is 10.3. The van der Waals surface area contributed by atoms with Crippen molar-refractivity contribution in [2.75, 3.05) is 5.32 Å². The summed E-state index contributed by atoms with van der Waals surface area (Å²) in [7, 11) is 0. The summed E-state index contributed by atoms with van der Waals surface area (Å²) in [5.41, 5.74) is 1.40. The lowest BCUT2D eigenvalue weighted by molar-refractivity contribution is 0.764. The second-order valence-electron chi connectivity index (χ2n) is 5.13. The van der Waals surface area contributed by atoms with Crippen molar-refractivity contribution in [3.05, 3.63) is 33.1 Å². The van der Waals surface area contributed by atoms with Crippen LogP contribution in [0.4, 0.5) is 5.82 Å². The molecule has 0 unspecified atom stereocenters. The van der Waals surface area contributed by atoms with Gasteiger partial charge in [-0.1, -0.05) is 0 Å². The molecule has 1 aliphatic rings. The number of thiazole rings is 1. The highest BCUT2D eigenvalue weighted by atomic mass is 79.9. The quantitative estimate of drug-likeness (QED) is 0.755. The van der Waals surface area contributed by atoms with Crippen LogP contribution in [0.3, 0.4) is 0 Å². The Morgan fingerprint density at radius 2 is 2.32 bits per heavy atom. The zero-order chi connectivity index (χ0) is 15.1. The Balaban J connectivity index is 1.65. The van der Waals surface area contributed by atoms with E-state index in [1.807, 2.05) is 6.07 Å². The van der Waals surface area contributed by atoms with E-state index in [2.05, 4.69) is 47.0 Å². The van der Waals surface area contributed by atoms with Gasteiger partial charge in [-0.25, -0.2) is 15.0 Å².